The summed E-state index contributed by atoms with van der Waals surface area (Å²) in [5.41, 5.74) is 5.17. The highest BCUT2D eigenvalue weighted by atomic mass is 79.9. The lowest BCUT2D eigenvalue weighted by Gasteiger charge is -2.18. The second-order valence-electron chi connectivity index (χ2n) is 3.62. The van der Waals surface area contributed by atoms with Gasteiger partial charge in [0.1, 0.15) is 5.82 Å². The van der Waals surface area contributed by atoms with Crippen LogP contribution in [0, 0.1) is 5.82 Å². The van der Waals surface area contributed by atoms with Crippen molar-refractivity contribution in [2.45, 2.75) is 4.90 Å². The van der Waals surface area contributed by atoms with Crippen LogP contribution in [-0.2, 0) is 14.8 Å². The van der Waals surface area contributed by atoms with Crippen LogP contribution in [-0.4, -0.2) is 40.0 Å². The van der Waals surface area contributed by atoms with E-state index in [0.717, 1.165) is 16.4 Å². The van der Waals surface area contributed by atoms with Gasteiger partial charge in [-0.3, -0.25) is 0 Å². The van der Waals surface area contributed by atoms with Crippen LogP contribution in [0.15, 0.2) is 21.5 Å². The highest BCUT2D eigenvalue weighted by Gasteiger charge is 2.24. The SMILES string of the molecule is COCCN(C)S(=O)(=O)c1cc(N)c(F)cc1Br. The van der Waals surface area contributed by atoms with E-state index in [2.05, 4.69) is 15.9 Å². The number of hydrogen-bond donors (Lipinski definition) is 1. The number of nitrogens with two attached hydrogens (primary N) is 1. The third-order valence-corrected chi connectivity index (χ3v) is 5.17. The van der Waals surface area contributed by atoms with Crippen molar-refractivity contribution in [2.24, 2.45) is 0 Å². The van der Waals surface area contributed by atoms with E-state index in [1.807, 2.05) is 0 Å². The largest absolute Gasteiger partial charge is 0.396 e. The number of sulfonamides is 1. The van der Waals surface area contributed by atoms with E-state index in [0.29, 0.717) is 0 Å². The lowest BCUT2D eigenvalue weighted by atomic mass is 10.3. The average molecular weight is 341 g/mol. The molecule has 0 saturated heterocycles. The first-order valence-corrected chi connectivity index (χ1v) is 7.23. The van der Waals surface area contributed by atoms with Crippen LogP contribution >= 0.6 is 15.9 Å². The number of halogens is 2. The van der Waals surface area contributed by atoms with Crippen molar-refractivity contribution in [3.8, 4) is 0 Å². The molecule has 102 valence electrons. The van der Waals surface area contributed by atoms with Crippen molar-refractivity contribution in [1.29, 1.82) is 0 Å². The van der Waals surface area contributed by atoms with Crippen LogP contribution in [0.4, 0.5) is 10.1 Å². The number of likely N-dealkylation sites (N-methyl/N-ethyl adjacent to an activating group) is 1. The van der Waals surface area contributed by atoms with Gasteiger partial charge in [-0.2, -0.15) is 4.31 Å². The van der Waals surface area contributed by atoms with Crippen molar-refractivity contribution < 1.29 is 17.5 Å². The lowest BCUT2D eigenvalue weighted by molar-refractivity contribution is 0.185. The number of ether oxygens (including phenoxy) is 1. The number of anilines is 1. The van der Waals surface area contributed by atoms with Gasteiger partial charge in [-0.15, -0.1) is 0 Å². The molecule has 0 atom stereocenters. The van der Waals surface area contributed by atoms with Gasteiger partial charge in [-0.25, -0.2) is 12.8 Å². The average Bonchev–Trinajstić information content (AvgIpc) is 2.30. The molecule has 0 spiro atoms. The number of rotatable bonds is 5. The first-order valence-electron chi connectivity index (χ1n) is 5.00. The molecule has 5 nitrogen and oxygen atoms in total. The summed E-state index contributed by atoms with van der Waals surface area (Å²) in [6, 6.07) is 2.13. The molecule has 0 amide bonds. The summed E-state index contributed by atoms with van der Waals surface area (Å²) >= 11 is 3.02. The van der Waals surface area contributed by atoms with E-state index >= 15 is 0 Å². The molecule has 1 aromatic rings. The molecular formula is C10H14BrFN2O3S. The molecule has 0 aromatic heterocycles. The van der Waals surface area contributed by atoms with E-state index in [4.69, 9.17) is 10.5 Å². The van der Waals surface area contributed by atoms with Gasteiger partial charge in [-0.05, 0) is 28.1 Å². The smallest absolute Gasteiger partial charge is 0.244 e. The van der Waals surface area contributed by atoms with Crippen molar-refractivity contribution >= 4 is 31.6 Å². The number of nitrogen functional groups attached to an aromatic ring is 1. The molecule has 0 aliphatic rings. The van der Waals surface area contributed by atoms with Crippen molar-refractivity contribution in [2.75, 3.05) is 33.0 Å². The maximum Gasteiger partial charge on any atom is 0.244 e. The molecule has 0 unspecified atom stereocenters. The minimum atomic E-state index is -3.72. The number of benzene rings is 1. The van der Waals surface area contributed by atoms with Gasteiger partial charge in [-0.1, -0.05) is 0 Å². The van der Waals surface area contributed by atoms with Crippen LogP contribution in [0.3, 0.4) is 0 Å². The van der Waals surface area contributed by atoms with Crippen molar-refractivity contribution in [3.63, 3.8) is 0 Å². The first-order chi connectivity index (χ1) is 8.30. The Balaban J connectivity index is 3.16. The Bertz CT molecular complexity index is 536. The Morgan fingerprint density at radius 3 is 2.67 bits per heavy atom. The molecule has 0 aliphatic heterocycles. The molecule has 18 heavy (non-hydrogen) atoms. The molecule has 0 aliphatic carbocycles. The van der Waals surface area contributed by atoms with E-state index < -0.39 is 15.8 Å². The predicted octanol–water partition coefficient (Wildman–Crippen LogP) is 1.44. The summed E-state index contributed by atoms with van der Waals surface area (Å²) in [5, 5.41) is 0. The van der Waals surface area contributed by atoms with Gasteiger partial charge < -0.3 is 10.5 Å². The quantitative estimate of drug-likeness (QED) is 0.823. The molecule has 0 heterocycles. The Morgan fingerprint density at radius 1 is 1.50 bits per heavy atom. The van der Waals surface area contributed by atoms with E-state index in [-0.39, 0.29) is 28.2 Å². The monoisotopic (exact) mass is 340 g/mol. The second-order valence-corrected chi connectivity index (χ2v) is 6.49. The third-order valence-electron chi connectivity index (χ3n) is 2.35. The second kappa shape index (κ2) is 5.96. The summed E-state index contributed by atoms with van der Waals surface area (Å²) in [6.45, 7) is 0.465. The Hall–Kier alpha value is -0.700. The van der Waals surface area contributed by atoms with Crippen molar-refractivity contribution in [1.82, 2.24) is 4.31 Å². The Kier molecular flexibility index (Phi) is 5.09. The van der Waals surface area contributed by atoms with Gasteiger partial charge in [0.05, 0.1) is 17.2 Å². The van der Waals surface area contributed by atoms with Crippen molar-refractivity contribution in [3.05, 3.63) is 22.4 Å². The number of nitrogens with zero attached hydrogens (tertiary/aromatic N) is 1. The van der Waals surface area contributed by atoms with Gasteiger partial charge >= 0.3 is 0 Å². The highest BCUT2D eigenvalue weighted by molar-refractivity contribution is 9.10. The highest BCUT2D eigenvalue weighted by Crippen LogP contribution is 2.28. The predicted molar refractivity (Wildman–Crippen MR) is 70.2 cm³/mol. The molecule has 0 radical (unpaired) electrons. The number of methoxy groups -OCH3 is 1. The Labute approximate surface area is 114 Å². The van der Waals surface area contributed by atoms with Crippen LogP contribution in [0.2, 0.25) is 0 Å². The minimum absolute atomic E-state index is 0.0694. The molecule has 1 rings (SSSR count). The normalized spacial score (nSPS) is 12.1. The third kappa shape index (κ3) is 3.19. The summed E-state index contributed by atoms with van der Waals surface area (Å²) in [7, 11) is -0.826. The molecule has 8 heteroatoms. The molecule has 0 bridgehead atoms. The zero-order chi connectivity index (χ0) is 13.9. The Morgan fingerprint density at radius 2 is 2.11 bits per heavy atom. The standard InChI is InChI=1S/C10H14BrFN2O3S/c1-14(3-4-17-2)18(15,16)10-6-9(13)8(12)5-7(10)11/h5-6H,3-4,13H2,1-2H3. The van der Waals surface area contributed by atoms with E-state index in [1.165, 1.54) is 14.2 Å². The topological polar surface area (TPSA) is 72.6 Å². The summed E-state index contributed by atoms with van der Waals surface area (Å²) in [6.07, 6.45) is 0. The fraction of sp³-hybridized carbons (Fsp3) is 0.400. The molecular weight excluding hydrogens is 327 g/mol. The van der Waals surface area contributed by atoms with E-state index in [9.17, 15) is 12.8 Å². The fourth-order valence-electron chi connectivity index (χ4n) is 1.25. The fourth-order valence-corrected chi connectivity index (χ4v) is 3.41. The maximum absolute atomic E-state index is 13.2. The first kappa shape index (κ1) is 15.4. The van der Waals surface area contributed by atoms with E-state index in [1.54, 1.807) is 0 Å². The minimum Gasteiger partial charge on any atom is -0.396 e. The zero-order valence-corrected chi connectivity index (χ0v) is 12.4. The van der Waals surface area contributed by atoms with Gasteiger partial charge in [0, 0.05) is 25.2 Å². The summed E-state index contributed by atoms with van der Waals surface area (Å²) < 4.78 is 43.6. The maximum atomic E-state index is 13.2. The summed E-state index contributed by atoms with van der Waals surface area (Å²) in [4.78, 5) is -0.0694. The number of hydrogen-bond acceptors (Lipinski definition) is 4. The van der Waals surface area contributed by atoms with Gasteiger partial charge in [0.2, 0.25) is 10.0 Å². The zero-order valence-electron chi connectivity index (χ0n) is 9.98. The lowest BCUT2D eigenvalue weighted by Crippen LogP contribution is -2.30. The molecule has 2 N–H and O–H groups in total. The van der Waals surface area contributed by atoms with Gasteiger partial charge in [0.25, 0.3) is 0 Å². The van der Waals surface area contributed by atoms with Crippen LogP contribution < -0.4 is 5.73 Å². The van der Waals surface area contributed by atoms with Crippen LogP contribution in [0.1, 0.15) is 0 Å². The molecule has 1 aromatic carbocycles. The van der Waals surface area contributed by atoms with Gasteiger partial charge in [0.15, 0.2) is 0 Å². The summed E-state index contributed by atoms with van der Waals surface area (Å²) in [5.74, 6) is -0.666. The molecule has 0 saturated carbocycles. The van der Waals surface area contributed by atoms with Crippen LogP contribution in [0.25, 0.3) is 0 Å². The molecule has 0 fully saturated rings. The van der Waals surface area contributed by atoms with Crippen LogP contribution in [0.5, 0.6) is 0 Å².